The molecule has 0 spiro atoms. The minimum absolute atomic E-state index is 0.131. The van der Waals surface area contributed by atoms with Gasteiger partial charge in [0.15, 0.2) is 0 Å². The lowest BCUT2D eigenvalue weighted by molar-refractivity contribution is 0.0375. The van der Waals surface area contributed by atoms with Gasteiger partial charge in [0.1, 0.15) is 0 Å². The molecule has 3 aromatic carbocycles. The van der Waals surface area contributed by atoms with E-state index < -0.39 is 0 Å². The Labute approximate surface area is 188 Å². The summed E-state index contributed by atoms with van der Waals surface area (Å²) >= 11 is 0. The smallest absolute Gasteiger partial charge is 0.327 e. The molecule has 1 aliphatic rings. The molecule has 0 bridgehead atoms. The minimum Gasteiger partial charge on any atom is -0.426 e. The molecule has 0 amide bonds. The second kappa shape index (κ2) is 6.70. The number of H-pyrrole nitrogens is 1. The Kier molecular flexibility index (Phi) is 4.10. The molecule has 1 N–H and O–H groups in total. The standard InChI is InChI=1S/C28H27BN2O/c1-27(2)17-29(32-28(27,3)4)19-15-13-18(14-16-19)25-26-24(20-9-5-7-11-22(20)30-25)21-10-6-8-12-23(21)31-26/h5-16,31H,17H2,1-4H3. The van der Waals surface area contributed by atoms with Crippen LogP contribution in [0.5, 0.6) is 0 Å². The van der Waals surface area contributed by atoms with Crippen LogP contribution < -0.4 is 5.46 Å². The van der Waals surface area contributed by atoms with Gasteiger partial charge in [-0.1, -0.05) is 74.5 Å². The van der Waals surface area contributed by atoms with Crippen LogP contribution in [0.25, 0.3) is 44.0 Å². The predicted octanol–water partition coefficient (Wildman–Crippen LogP) is 6.57. The maximum atomic E-state index is 6.44. The SMILES string of the molecule is CC1(C)CB(c2ccc(-c3nc4ccccc4c4c3[nH]c3ccccc34)cc2)OC1(C)C. The second-order valence-electron chi connectivity index (χ2n) is 10.2. The third-order valence-corrected chi connectivity index (χ3v) is 7.67. The third kappa shape index (κ3) is 2.83. The van der Waals surface area contributed by atoms with Gasteiger partial charge in [-0.3, -0.25) is 0 Å². The molecule has 5 aromatic rings. The highest BCUT2D eigenvalue weighted by molar-refractivity contribution is 6.68. The van der Waals surface area contributed by atoms with E-state index in [9.17, 15) is 0 Å². The van der Waals surface area contributed by atoms with E-state index in [0.29, 0.717) is 0 Å². The molecule has 1 aliphatic heterocycles. The number of para-hydroxylation sites is 2. The Morgan fingerprint density at radius 3 is 2.25 bits per heavy atom. The third-order valence-electron chi connectivity index (χ3n) is 7.67. The first-order valence-electron chi connectivity index (χ1n) is 11.4. The molecule has 0 radical (unpaired) electrons. The van der Waals surface area contributed by atoms with Crippen LogP contribution in [0.2, 0.25) is 6.32 Å². The molecule has 6 rings (SSSR count). The van der Waals surface area contributed by atoms with Crippen LogP contribution in [0.15, 0.2) is 72.8 Å². The summed E-state index contributed by atoms with van der Waals surface area (Å²) < 4.78 is 6.44. The molecule has 0 aliphatic carbocycles. The van der Waals surface area contributed by atoms with Crippen molar-refractivity contribution in [2.24, 2.45) is 5.41 Å². The molecule has 158 valence electrons. The van der Waals surface area contributed by atoms with Crippen LogP contribution >= 0.6 is 0 Å². The van der Waals surface area contributed by atoms with E-state index in [1.807, 2.05) is 0 Å². The molecule has 4 heteroatoms. The largest absolute Gasteiger partial charge is 0.426 e. The molecule has 32 heavy (non-hydrogen) atoms. The lowest BCUT2D eigenvalue weighted by Gasteiger charge is -2.34. The van der Waals surface area contributed by atoms with Gasteiger partial charge in [0.2, 0.25) is 0 Å². The summed E-state index contributed by atoms with van der Waals surface area (Å²) in [6.07, 6.45) is 1.03. The summed E-state index contributed by atoms with van der Waals surface area (Å²) in [6.45, 7) is 9.13. The zero-order chi connectivity index (χ0) is 22.1. The number of aromatic nitrogens is 2. The fraction of sp³-hybridized carbons (Fsp3) is 0.250. The van der Waals surface area contributed by atoms with Crippen molar-refractivity contribution in [3.63, 3.8) is 0 Å². The zero-order valence-electron chi connectivity index (χ0n) is 19.1. The molecule has 3 heterocycles. The molecule has 2 aromatic heterocycles. The Bertz CT molecular complexity index is 1460. The second-order valence-corrected chi connectivity index (χ2v) is 10.2. The maximum absolute atomic E-state index is 6.44. The van der Waals surface area contributed by atoms with Crippen molar-refractivity contribution >= 4 is 45.1 Å². The molecular weight excluding hydrogens is 391 g/mol. The van der Waals surface area contributed by atoms with Crippen LogP contribution in [-0.2, 0) is 4.65 Å². The number of aromatic amines is 1. The first-order valence-corrected chi connectivity index (χ1v) is 11.4. The first-order chi connectivity index (χ1) is 15.3. The molecule has 0 unspecified atom stereocenters. The fourth-order valence-corrected chi connectivity index (χ4v) is 5.07. The predicted molar refractivity (Wildman–Crippen MR) is 136 cm³/mol. The maximum Gasteiger partial charge on any atom is 0.327 e. The van der Waals surface area contributed by atoms with Gasteiger partial charge in [0.25, 0.3) is 0 Å². The minimum atomic E-state index is -0.132. The van der Waals surface area contributed by atoms with Crippen LogP contribution in [-0.4, -0.2) is 22.5 Å². The Morgan fingerprint density at radius 1 is 0.844 bits per heavy atom. The van der Waals surface area contributed by atoms with Crippen LogP contribution in [0, 0.1) is 5.41 Å². The van der Waals surface area contributed by atoms with Crippen molar-refractivity contribution in [3.05, 3.63) is 72.8 Å². The van der Waals surface area contributed by atoms with Crippen molar-refractivity contribution in [3.8, 4) is 11.3 Å². The number of benzene rings is 3. The first kappa shape index (κ1) is 19.6. The Balaban J connectivity index is 1.50. The van der Waals surface area contributed by atoms with Gasteiger partial charge in [-0.05, 0) is 43.2 Å². The highest BCUT2D eigenvalue weighted by Gasteiger charge is 2.49. The molecule has 0 atom stereocenters. The summed E-state index contributed by atoms with van der Waals surface area (Å²) in [6, 6.07) is 25.7. The average molecular weight is 418 g/mol. The van der Waals surface area contributed by atoms with E-state index in [2.05, 4.69) is 105 Å². The van der Waals surface area contributed by atoms with Crippen molar-refractivity contribution in [2.45, 2.75) is 39.6 Å². The van der Waals surface area contributed by atoms with Crippen LogP contribution in [0.4, 0.5) is 0 Å². The quantitative estimate of drug-likeness (QED) is 0.329. The highest BCUT2D eigenvalue weighted by atomic mass is 16.5. The van der Waals surface area contributed by atoms with Crippen molar-refractivity contribution in [1.82, 2.24) is 9.97 Å². The normalized spacial score (nSPS) is 17.6. The highest BCUT2D eigenvalue weighted by Crippen LogP contribution is 2.45. The van der Waals surface area contributed by atoms with Crippen molar-refractivity contribution in [1.29, 1.82) is 0 Å². The molecule has 3 nitrogen and oxygen atoms in total. The summed E-state index contributed by atoms with van der Waals surface area (Å²) in [7, 11) is 0. The Hall–Kier alpha value is -3.11. The molecule has 1 saturated heterocycles. The monoisotopic (exact) mass is 418 g/mol. The van der Waals surface area contributed by atoms with Crippen LogP contribution in [0.1, 0.15) is 27.7 Å². The van der Waals surface area contributed by atoms with Gasteiger partial charge >= 0.3 is 6.92 Å². The van der Waals surface area contributed by atoms with Gasteiger partial charge in [0, 0.05) is 27.2 Å². The summed E-state index contributed by atoms with van der Waals surface area (Å²) in [5.74, 6) is 0. The van der Waals surface area contributed by atoms with Crippen LogP contribution in [0.3, 0.4) is 0 Å². The van der Waals surface area contributed by atoms with E-state index in [0.717, 1.165) is 34.1 Å². The van der Waals surface area contributed by atoms with Crippen molar-refractivity contribution < 1.29 is 4.65 Å². The lowest BCUT2D eigenvalue weighted by atomic mass is 9.54. The number of rotatable bonds is 2. The van der Waals surface area contributed by atoms with E-state index in [1.54, 1.807) is 0 Å². The fourth-order valence-electron chi connectivity index (χ4n) is 5.07. The number of nitrogens with one attached hydrogen (secondary N) is 1. The van der Waals surface area contributed by atoms with E-state index in [4.69, 9.17) is 9.64 Å². The van der Waals surface area contributed by atoms with E-state index in [1.165, 1.54) is 21.6 Å². The number of nitrogens with zero attached hydrogens (tertiary/aromatic N) is 1. The van der Waals surface area contributed by atoms with Gasteiger partial charge in [-0.15, -0.1) is 0 Å². The van der Waals surface area contributed by atoms with Gasteiger partial charge in [-0.2, -0.15) is 0 Å². The molecular formula is C28H27BN2O. The zero-order valence-corrected chi connectivity index (χ0v) is 19.1. The van der Waals surface area contributed by atoms with Gasteiger partial charge in [0.05, 0.1) is 22.3 Å². The topological polar surface area (TPSA) is 37.9 Å². The van der Waals surface area contributed by atoms with Crippen molar-refractivity contribution in [2.75, 3.05) is 0 Å². The number of fused-ring (bicyclic) bond motifs is 5. The van der Waals surface area contributed by atoms with E-state index >= 15 is 0 Å². The van der Waals surface area contributed by atoms with Gasteiger partial charge < -0.3 is 9.64 Å². The Morgan fingerprint density at radius 2 is 1.53 bits per heavy atom. The molecule has 0 saturated carbocycles. The number of hydrogen-bond donors (Lipinski definition) is 1. The number of pyridine rings is 1. The number of hydrogen-bond acceptors (Lipinski definition) is 2. The van der Waals surface area contributed by atoms with E-state index in [-0.39, 0.29) is 17.9 Å². The summed E-state index contributed by atoms with van der Waals surface area (Å²) in [5.41, 5.74) is 6.62. The summed E-state index contributed by atoms with van der Waals surface area (Å²) in [4.78, 5) is 8.72. The molecule has 1 fully saturated rings. The average Bonchev–Trinajstić information content (AvgIpc) is 3.27. The van der Waals surface area contributed by atoms with Gasteiger partial charge in [-0.25, -0.2) is 4.98 Å². The lowest BCUT2D eigenvalue weighted by Crippen LogP contribution is -2.36. The summed E-state index contributed by atoms with van der Waals surface area (Å²) in [5, 5.41) is 3.67.